The predicted octanol–water partition coefficient (Wildman–Crippen LogP) is 3.10. The van der Waals surface area contributed by atoms with Gasteiger partial charge in [0.25, 0.3) is 0 Å². The Balaban J connectivity index is 4.76. The van der Waals surface area contributed by atoms with Crippen LogP contribution in [0.5, 0.6) is 0 Å². The first-order chi connectivity index (χ1) is 7.48. The van der Waals surface area contributed by atoms with Gasteiger partial charge < -0.3 is 5.11 Å². The minimum atomic E-state index is -1.23. The Hall–Kier alpha value is -0.220. The summed E-state index contributed by atoms with van der Waals surface area (Å²) in [6, 6.07) is 0. The number of nitrogens with zero attached hydrogens (tertiary/aromatic N) is 1. The summed E-state index contributed by atoms with van der Waals surface area (Å²) in [6.07, 6.45) is 0.787. The highest BCUT2D eigenvalue weighted by Crippen LogP contribution is 2.23. The van der Waals surface area contributed by atoms with E-state index in [0.29, 0.717) is 6.42 Å². The Morgan fingerprint density at radius 3 is 2.00 bits per heavy atom. The first kappa shape index (κ1) is 16.8. The van der Waals surface area contributed by atoms with Gasteiger partial charge in [-0.25, -0.2) is 4.21 Å². The van der Waals surface area contributed by atoms with Crippen LogP contribution in [-0.2, 0) is 11.0 Å². The van der Waals surface area contributed by atoms with Gasteiger partial charge in [-0.15, -0.1) is 0 Å². The summed E-state index contributed by atoms with van der Waals surface area (Å²) in [5.74, 6) is 0. The van der Waals surface area contributed by atoms with E-state index < -0.39 is 17.1 Å². The molecule has 0 aliphatic heterocycles. The molecular formula is C13H27NO2S. The van der Waals surface area contributed by atoms with Crippen LogP contribution in [0.25, 0.3) is 0 Å². The number of aliphatic hydroxyl groups is 1. The van der Waals surface area contributed by atoms with Gasteiger partial charge in [-0.2, -0.15) is 4.40 Å². The second-order valence-corrected chi connectivity index (χ2v) is 8.36. The minimum absolute atomic E-state index is 0.167. The Morgan fingerprint density at radius 1 is 1.24 bits per heavy atom. The van der Waals surface area contributed by atoms with Crippen LogP contribution in [0.15, 0.2) is 4.40 Å². The molecule has 0 rings (SSSR count). The second kappa shape index (κ2) is 6.10. The molecule has 0 amide bonds. The average Bonchev–Trinajstić information content (AvgIpc) is 2.13. The van der Waals surface area contributed by atoms with Gasteiger partial charge in [-0.1, -0.05) is 27.7 Å². The molecule has 4 heteroatoms. The third-order valence-electron chi connectivity index (χ3n) is 2.57. The van der Waals surface area contributed by atoms with E-state index in [-0.39, 0.29) is 10.2 Å². The van der Waals surface area contributed by atoms with Gasteiger partial charge in [0.1, 0.15) is 11.0 Å². The van der Waals surface area contributed by atoms with Crippen molar-refractivity contribution in [3.05, 3.63) is 0 Å². The second-order valence-electron chi connectivity index (χ2n) is 6.46. The molecule has 0 spiro atoms. The van der Waals surface area contributed by atoms with Crippen LogP contribution in [0.4, 0.5) is 0 Å². The van der Waals surface area contributed by atoms with E-state index in [1.54, 1.807) is 0 Å². The van der Waals surface area contributed by atoms with Crippen molar-refractivity contribution in [3.8, 4) is 0 Å². The first-order valence-electron chi connectivity index (χ1n) is 6.15. The molecule has 102 valence electrons. The van der Waals surface area contributed by atoms with Crippen LogP contribution in [-0.4, -0.2) is 25.9 Å². The van der Waals surface area contributed by atoms with Crippen molar-refractivity contribution in [3.63, 3.8) is 0 Å². The lowest BCUT2D eigenvalue weighted by Crippen LogP contribution is -2.29. The molecule has 0 aliphatic carbocycles. The zero-order chi connectivity index (χ0) is 13.9. The highest BCUT2D eigenvalue weighted by Gasteiger charge is 2.25. The summed E-state index contributed by atoms with van der Waals surface area (Å²) in [7, 11) is -1.23. The molecule has 0 bridgehead atoms. The summed E-state index contributed by atoms with van der Waals surface area (Å²) >= 11 is 0. The predicted molar refractivity (Wildman–Crippen MR) is 75.7 cm³/mol. The lowest BCUT2D eigenvalue weighted by molar-refractivity contribution is 0.0694. The van der Waals surface area contributed by atoms with Gasteiger partial charge in [-0.3, -0.25) is 0 Å². The fourth-order valence-corrected chi connectivity index (χ4v) is 1.74. The number of aliphatic hydroxyl groups excluding tert-OH is 1. The fraction of sp³-hybridized carbons (Fsp3) is 0.923. The number of hydrogen-bond donors (Lipinski definition) is 1. The summed E-state index contributed by atoms with van der Waals surface area (Å²) in [5, 5.41) is 10.0. The van der Waals surface area contributed by atoms with Crippen LogP contribution in [0.2, 0.25) is 0 Å². The van der Waals surface area contributed by atoms with Gasteiger partial charge in [0.05, 0.1) is 10.9 Å². The van der Waals surface area contributed by atoms with Crippen molar-refractivity contribution >= 4 is 16.7 Å². The fourth-order valence-electron chi connectivity index (χ4n) is 1.03. The van der Waals surface area contributed by atoms with E-state index in [4.69, 9.17) is 0 Å². The maximum Gasteiger partial charge on any atom is 0.144 e. The van der Waals surface area contributed by atoms with Gasteiger partial charge in [0, 0.05) is 12.1 Å². The Morgan fingerprint density at radius 2 is 1.71 bits per heavy atom. The van der Waals surface area contributed by atoms with Crippen LogP contribution in [0, 0.1) is 5.41 Å². The highest BCUT2D eigenvalue weighted by molar-refractivity contribution is 7.85. The maximum atomic E-state index is 11.9. The summed E-state index contributed by atoms with van der Waals surface area (Å²) in [5.41, 5.74) is 0.666. The normalized spacial score (nSPS) is 18.0. The van der Waals surface area contributed by atoms with Gasteiger partial charge in [-0.05, 0) is 32.6 Å². The van der Waals surface area contributed by atoms with E-state index in [9.17, 15) is 9.32 Å². The molecule has 1 unspecified atom stereocenters. The Kier molecular flexibility index (Phi) is 6.02. The zero-order valence-electron chi connectivity index (χ0n) is 12.2. The molecule has 0 aromatic rings. The third-order valence-corrected chi connectivity index (χ3v) is 4.04. The third kappa shape index (κ3) is 6.32. The summed E-state index contributed by atoms with van der Waals surface area (Å²) in [6.45, 7) is 13.7. The molecule has 0 saturated heterocycles. The molecule has 0 radical (unpaired) electrons. The van der Waals surface area contributed by atoms with Crippen molar-refractivity contribution in [1.29, 1.82) is 0 Å². The zero-order valence-corrected chi connectivity index (χ0v) is 13.0. The molecule has 0 heterocycles. The highest BCUT2D eigenvalue weighted by atomic mass is 32.2. The molecule has 2 atom stereocenters. The van der Waals surface area contributed by atoms with E-state index in [2.05, 4.69) is 4.40 Å². The number of rotatable bonds is 4. The van der Waals surface area contributed by atoms with Crippen LogP contribution in [0.3, 0.4) is 0 Å². The van der Waals surface area contributed by atoms with Crippen LogP contribution < -0.4 is 0 Å². The van der Waals surface area contributed by atoms with Crippen molar-refractivity contribution in [2.24, 2.45) is 9.81 Å². The maximum absolute atomic E-state index is 11.9. The molecule has 0 aliphatic rings. The molecule has 0 saturated carbocycles. The van der Waals surface area contributed by atoms with E-state index in [0.717, 1.165) is 12.1 Å². The standard InChI is InChI=1S/C13H27NO2S/c1-8-10(9-11(15)12(2,3)4)14-17(16)13(5,6)7/h11,15H,8-9H2,1-7H3/b14-10+/t11-,17?/m0/s1. The number of hydrogen-bond acceptors (Lipinski definition) is 2. The van der Waals surface area contributed by atoms with Gasteiger partial charge >= 0.3 is 0 Å². The lowest BCUT2D eigenvalue weighted by Gasteiger charge is -2.26. The van der Waals surface area contributed by atoms with Crippen LogP contribution in [0.1, 0.15) is 61.3 Å². The topological polar surface area (TPSA) is 49.7 Å². The molecule has 1 N–H and O–H groups in total. The minimum Gasteiger partial charge on any atom is -0.392 e. The van der Waals surface area contributed by atoms with Crippen molar-refractivity contribution in [2.75, 3.05) is 0 Å². The summed E-state index contributed by atoms with van der Waals surface area (Å²) < 4.78 is 15.8. The van der Waals surface area contributed by atoms with Gasteiger partial charge in [0.2, 0.25) is 0 Å². The molecular weight excluding hydrogens is 234 g/mol. The largest absolute Gasteiger partial charge is 0.392 e. The summed E-state index contributed by atoms with van der Waals surface area (Å²) in [4.78, 5) is 0. The van der Waals surface area contributed by atoms with Crippen molar-refractivity contribution in [1.82, 2.24) is 0 Å². The molecule has 0 aromatic heterocycles. The molecule has 0 fully saturated rings. The van der Waals surface area contributed by atoms with E-state index >= 15 is 0 Å². The lowest BCUT2D eigenvalue weighted by atomic mass is 9.86. The smallest absolute Gasteiger partial charge is 0.144 e. The monoisotopic (exact) mass is 261 g/mol. The van der Waals surface area contributed by atoms with Gasteiger partial charge in [0.15, 0.2) is 0 Å². The van der Waals surface area contributed by atoms with E-state index in [1.807, 2.05) is 48.5 Å². The SMILES string of the molecule is CC/C(C[C@H](O)C(C)(C)C)=N\S(=O)C(C)(C)C. The Labute approximate surface area is 108 Å². The molecule has 17 heavy (non-hydrogen) atoms. The quantitative estimate of drug-likeness (QED) is 0.791. The molecule has 0 aromatic carbocycles. The van der Waals surface area contributed by atoms with E-state index in [1.165, 1.54) is 0 Å². The van der Waals surface area contributed by atoms with Crippen molar-refractivity contribution < 1.29 is 9.32 Å². The Bertz CT molecular complexity index is 298. The van der Waals surface area contributed by atoms with Crippen molar-refractivity contribution in [2.45, 2.75) is 72.2 Å². The van der Waals surface area contributed by atoms with Crippen LogP contribution >= 0.6 is 0 Å². The molecule has 3 nitrogen and oxygen atoms in total. The average molecular weight is 261 g/mol. The first-order valence-corrected chi connectivity index (χ1v) is 7.25.